The quantitative estimate of drug-likeness (QED) is 0.499. The predicted octanol–water partition coefficient (Wildman–Crippen LogP) is 2.66. The Morgan fingerprint density at radius 2 is 1.87 bits per heavy atom. The molecule has 0 bridgehead atoms. The van der Waals surface area contributed by atoms with E-state index in [0.717, 1.165) is 12.2 Å². The van der Waals surface area contributed by atoms with E-state index in [2.05, 4.69) is 18.1 Å². The monoisotopic (exact) mass is 475 g/mol. The number of carbonyl (C=O) groups excluding carboxylic acids is 1. The van der Waals surface area contributed by atoms with E-state index >= 15 is 0 Å². The van der Waals surface area contributed by atoms with Crippen LogP contribution in [-0.2, 0) is 27.2 Å². The van der Waals surface area contributed by atoms with Crippen LogP contribution in [0.2, 0.25) is 0 Å². The van der Waals surface area contributed by atoms with Crippen molar-refractivity contribution in [2.24, 2.45) is 0 Å². The average molecular weight is 477 g/mol. The van der Waals surface area contributed by atoms with Gasteiger partial charge in [0.05, 0.1) is 5.69 Å². The van der Waals surface area contributed by atoms with Crippen molar-refractivity contribution >= 4 is 44.7 Å². The smallest absolute Gasteiger partial charge is 0.240 e. The van der Waals surface area contributed by atoms with E-state index in [9.17, 15) is 4.79 Å². The molecule has 1 heterocycles. The summed E-state index contributed by atoms with van der Waals surface area (Å²) in [6.07, 6.45) is 0.592. The molecule has 1 aliphatic heterocycles. The van der Waals surface area contributed by atoms with Crippen LogP contribution in [0.15, 0.2) is 30.3 Å². The van der Waals surface area contributed by atoms with E-state index < -0.39 is 0 Å². The van der Waals surface area contributed by atoms with Gasteiger partial charge in [-0.3, -0.25) is 15.2 Å². The molecule has 1 fully saturated rings. The van der Waals surface area contributed by atoms with Crippen molar-refractivity contribution in [3.05, 3.63) is 30.3 Å². The Labute approximate surface area is 124 Å². The van der Waals surface area contributed by atoms with Crippen molar-refractivity contribution in [2.75, 3.05) is 11.6 Å². The Balaban J connectivity index is 0.000000617. The summed E-state index contributed by atoms with van der Waals surface area (Å²) in [5.41, 5.74) is 3.81. The molecule has 0 aliphatic carbocycles. The van der Waals surface area contributed by atoms with E-state index in [0.29, 0.717) is 6.42 Å². The van der Waals surface area contributed by atoms with Crippen LogP contribution in [0.1, 0.15) is 6.42 Å². The SMILES string of the molecule is BrI.O=C1CCN(c2ccccc2)N1.[Ag]. The van der Waals surface area contributed by atoms with Crippen molar-refractivity contribution < 1.29 is 27.2 Å². The molecule has 0 saturated carbocycles. The van der Waals surface area contributed by atoms with Gasteiger partial charge in [-0.25, -0.2) is 0 Å². The first-order valence-electron chi connectivity index (χ1n) is 4.12. The number of hydrogen-bond acceptors (Lipinski definition) is 2. The number of halogens is 2. The maximum absolute atomic E-state index is 10.9. The summed E-state index contributed by atoms with van der Waals surface area (Å²) in [6.45, 7) is 0.767. The van der Waals surface area contributed by atoms with Gasteiger partial charge in [0, 0.05) is 55.7 Å². The minimum Gasteiger partial charge on any atom is -0.285 e. The maximum atomic E-state index is 10.9. The van der Waals surface area contributed by atoms with Crippen molar-refractivity contribution in [3.8, 4) is 0 Å². The molecule has 0 unspecified atom stereocenters. The molecule has 87 valence electrons. The number of nitrogens with zero attached hydrogens (tertiary/aromatic N) is 1. The Morgan fingerprint density at radius 3 is 2.33 bits per heavy atom. The van der Waals surface area contributed by atoms with Gasteiger partial charge in [-0.05, 0) is 24.8 Å². The normalized spacial score (nSPS) is 13.5. The van der Waals surface area contributed by atoms with Gasteiger partial charge >= 0.3 is 0 Å². The predicted molar refractivity (Wildman–Crippen MR) is 69.5 cm³/mol. The molecular weight excluding hydrogens is 467 g/mol. The third-order valence-corrected chi connectivity index (χ3v) is 1.89. The fraction of sp³-hybridized carbons (Fsp3) is 0.222. The van der Waals surface area contributed by atoms with E-state index in [4.69, 9.17) is 0 Å². The third-order valence-electron chi connectivity index (χ3n) is 1.89. The van der Waals surface area contributed by atoms with Gasteiger partial charge in [0.15, 0.2) is 0 Å². The van der Waals surface area contributed by atoms with Crippen LogP contribution in [0.25, 0.3) is 0 Å². The first-order valence-corrected chi connectivity index (χ1v) is 8.96. The summed E-state index contributed by atoms with van der Waals surface area (Å²) < 4.78 is 0. The minimum absolute atomic E-state index is 0. The van der Waals surface area contributed by atoms with Crippen molar-refractivity contribution in [3.63, 3.8) is 0 Å². The largest absolute Gasteiger partial charge is 0.285 e. The van der Waals surface area contributed by atoms with E-state index in [1.807, 2.05) is 55.7 Å². The molecule has 1 amide bonds. The Kier molecular flexibility index (Phi) is 8.83. The summed E-state index contributed by atoms with van der Waals surface area (Å²) in [7, 11) is 0. The topological polar surface area (TPSA) is 32.3 Å². The van der Waals surface area contributed by atoms with Crippen LogP contribution in [0, 0.1) is 0 Å². The standard InChI is InChI=1S/C9H10N2O.Ag.BrI/c12-9-6-7-11(10-9)8-4-2-1-3-5-8;;1-2/h1-5H,6-7H2,(H,10,12);;. The first kappa shape index (κ1) is 15.4. The van der Waals surface area contributed by atoms with Crippen molar-refractivity contribution in [1.29, 1.82) is 0 Å². The summed E-state index contributed by atoms with van der Waals surface area (Å²) in [4.78, 5) is 10.9. The van der Waals surface area contributed by atoms with Crippen LogP contribution in [0.3, 0.4) is 0 Å². The molecule has 6 heteroatoms. The van der Waals surface area contributed by atoms with E-state index in [1.54, 1.807) is 0 Å². The molecule has 2 rings (SSSR count). The molecule has 1 aliphatic rings. The molecule has 3 nitrogen and oxygen atoms in total. The molecule has 0 spiro atoms. The summed E-state index contributed by atoms with van der Waals surface area (Å²) in [5.74, 6) is 0.0962. The number of anilines is 1. The number of rotatable bonds is 1. The second-order valence-electron chi connectivity index (χ2n) is 2.77. The van der Waals surface area contributed by atoms with Gasteiger partial charge in [0.1, 0.15) is 0 Å². The molecule has 0 atom stereocenters. The summed E-state index contributed by atoms with van der Waals surface area (Å²) >= 11 is 4.87. The van der Waals surface area contributed by atoms with Gasteiger partial charge in [-0.2, -0.15) is 0 Å². The fourth-order valence-corrected chi connectivity index (χ4v) is 1.28. The van der Waals surface area contributed by atoms with E-state index in [1.165, 1.54) is 0 Å². The number of hydrazine groups is 1. The number of carbonyl (C=O) groups is 1. The average Bonchev–Trinajstić information content (AvgIpc) is 2.69. The molecule has 0 aromatic heterocycles. The second kappa shape index (κ2) is 8.58. The number of benzene rings is 1. The van der Waals surface area contributed by atoms with Crippen LogP contribution in [0.4, 0.5) is 5.69 Å². The summed E-state index contributed by atoms with van der Waals surface area (Å²) in [6, 6.07) is 9.83. The zero-order valence-corrected chi connectivity index (χ0v) is 12.9. The molecular formula is C9H10AgBrIN2O. The molecule has 1 radical (unpaired) electrons. The third kappa shape index (κ3) is 4.86. The van der Waals surface area contributed by atoms with Gasteiger partial charge in [0.25, 0.3) is 0 Å². The molecule has 15 heavy (non-hydrogen) atoms. The number of amides is 1. The van der Waals surface area contributed by atoms with Gasteiger partial charge in [0.2, 0.25) is 5.91 Å². The zero-order valence-electron chi connectivity index (χ0n) is 7.71. The van der Waals surface area contributed by atoms with E-state index in [-0.39, 0.29) is 28.3 Å². The van der Waals surface area contributed by atoms with Gasteiger partial charge in [-0.15, -0.1) is 0 Å². The summed E-state index contributed by atoms with van der Waals surface area (Å²) in [5, 5.41) is 1.86. The van der Waals surface area contributed by atoms with Crippen LogP contribution >= 0.6 is 33.1 Å². The Bertz CT molecular complexity index is 299. The van der Waals surface area contributed by atoms with Crippen LogP contribution in [-0.4, -0.2) is 12.5 Å². The van der Waals surface area contributed by atoms with Gasteiger partial charge in [-0.1, -0.05) is 18.2 Å². The zero-order chi connectivity index (χ0) is 10.4. The maximum Gasteiger partial charge on any atom is 0.240 e. The van der Waals surface area contributed by atoms with Crippen LogP contribution in [0.5, 0.6) is 0 Å². The second-order valence-corrected chi connectivity index (χ2v) is 2.77. The number of nitrogens with one attached hydrogen (secondary N) is 1. The Hall–Kier alpha value is 0.440. The van der Waals surface area contributed by atoms with Crippen molar-refractivity contribution in [2.45, 2.75) is 6.42 Å². The fourth-order valence-electron chi connectivity index (χ4n) is 1.28. The minimum atomic E-state index is 0. The van der Waals surface area contributed by atoms with Gasteiger partial charge < -0.3 is 0 Å². The molecule has 1 N–H and O–H groups in total. The Morgan fingerprint density at radius 1 is 1.27 bits per heavy atom. The number of para-hydroxylation sites is 1. The first-order chi connectivity index (χ1) is 6.86. The molecule has 1 aromatic carbocycles. The van der Waals surface area contributed by atoms with Crippen LogP contribution < -0.4 is 10.4 Å². The molecule has 1 saturated heterocycles. The van der Waals surface area contributed by atoms with Crippen molar-refractivity contribution in [1.82, 2.24) is 5.43 Å². The molecule has 1 aromatic rings. The number of hydrogen-bond donors (Lipinski definition) is 1.